The second kappa shape index (κ2) is 7.50. The first-order valence-electron chi connectivity index (χ1n) is 6.69. The lowest BCUT2D eigenvalue weighted by atomic mass is 10.2. The first-order valence-corrected chi connectivity index (χ1v) is 7.67. The molecule has 0 saturated heterocycles. The van der Waals surface area contributed by atoms with Gasteiger partial charge in [0.25, 0.3) is 5.91 Å². The lowest BCUT2D eigenvalue weighted by Crippen LogP contribution is -2.13. The zero-order valence-corrected chi connectivity index (χ0v) is 12.5. The Morgan fingerprint density at radius 2 is 2.29 bits per heavy atom. The van der Waals surface area contributed by atoms with Crippen LogP contribution in [-0.4, -0.2) is 21.9 Å². The van der Waals surface area contributed by atoms with Gasteiger partial charge in [-0.2, -0.15) is 10.4 Å². The number of carbonyl (C=O) groups excluding carboxylic acids is 1. The molecule has 5 nitrogen and oxygen atoms in total. The van der Waals surface area contributed by atoms with Gasteiger partial charge in [-0.05, 0) is 18.6 Å². The molecule has 1 aromatic carbocycles. The number of nitrogens with one attached hydrogen (secondary N) is 2. The van der Waals surface area contributed by atoms with E-state index in [-0.39, 0.29) is 5.91 Å². The van der Waals surface area contributed by atoms with Crippen molar-refractivity contribution in [1.82, 2.24) is 10.2 Å². The largest absolute Gasteiger partial charge is 0.305 e. The highest BCUT2D eigenvalue weighted by Crippen LogP contribution is 2.23. The van der Waals surface area contributed by atoms with E-state index in [2.05, 4.69) is 28.5 Å². The number of anilines is 1. The van der Waals surface area contributed by atoms with Crippen LogP contribution in [0.5, 0.6) is 0 Å². The maximum atomic E-state index is 12.3. The molecule has 0 fully saturated rings. The molecule has 0 atom stereocenters. The Hall–Kier alpha value is -2.26. The number of benzene rings is 1. The van der Waals surface area contributed by atoms with Crippen LogP contribution in [0.1, 0.15) is 29.4 Å². The fraction of sp³-hybridized carbons (Fsp3) is 0.267. The number of hydrogen-bond donors (Lipinski definition) is 2. The summed E-state index contributed by atoms with van der Waals surface area (Å²) in [5.74, 6) is 0.613. The van der Waals surface area contributed by atoms with Gasteiger partial charge in [0.05, 0.1) is 17.4 Å². The predicted octanol–water partition coefficient (Wildman–Crippen LogP) is 3.23. The van der Waals surface area contributed by atoms with Gasteiger partial charge in [-0.25, -0.2) is 0 Å². The van der Waals surface area contributed by atoms with E-state index in [0.717, 1.165) is 23.4 Å². The predicted molar refractivity (Wildman–Crippen MR) is 83.3 cm³/mol. The Bertz CT molecular complexity index is 660. The third kappa shape index (κ3) is 4.10. The molecule has 108 valence electrons. The summed E-state index contributed by atoms with van der Waals surface area (Å²) in [5, 5.41) is 18.4. The highest BCUT2D eigenvalue weighted by molar-refractivity contribution is 7.99. The number of H-pyrrole nitrogens is 1. The molecule has 21 heavy (non-hydrogen) atoms. The minimum Gasteiger partial charge on any atom is -0.305 e. The first kappa shape index (κ1) is 15.1. The van der Waals surface area contributed by atoms with E-state index in [1.54, 1.807) is 12.1 Å². The summed E-state index contributed by atoms with van der Waals surface area (Å²) in [6.07, 6.45) is 1.92. The third-order valence-corrected chi connectivity index (χ3v) is 3.76. The number of aromatic nitrogens is 2. The van der Waals surface area contributed by atoms with Gasteiger partial charge >= 0.3 is 0 Å². The number of amides is 1. The van der Waals surface area contributed by atoms with Gasteiger partial charge in [0.15, 0.2) is 5.82 Å². The normalized spacial score (nSPS) is 10.1. The van der Waals surface area contributed by atoms with E-state index in [0.29, 0.717) is 17.1 Å². The summed E-state index contributed by atoms with van der Waals surface area (Å²) in [6, 6.07) is 11.1. The molecule has 2 aromatic rings. The van der Waals surface area contributed by atoms with E-state index in [1.165, 1.54) is 11.8 Å². The molecule has 2 N–H and O–H groups in total. The van der Waals surface area contributed by atoms with Crippen LogP contribution in [0.2, 0.25) is 0 Å². The van der Waals surface area contributed by atoms with Crippen molar-refractivity contribution >= 4 is 23.5 Å². The van der Waals surface area contributed by atoms with Crippen molar-refractivity contribution in [2.45, 2.75) is 24.7 Å². The zero-order chi connectivity index (χ0) is 15.1. The van der Waals surface area contributed by atoms with Crippen LogP contribution in [0.15, 0.2) is 35.2 Å². The maximum absolute atomic E-state index is 12.3. The highest BCUT2D eigenvalue weighted by atomic mass is 32.2. The molecular formula is C15H16N4OS. The second-order valence-corrected chi connectivity index (χ2v) is 5.44. The lowest BCUT2D eigenvalue weighted by molar-refractivity contribution is 0.102. The molecule has 1 aromatic heterocycles. The minimum atomic E-state index is -0.217. The Morgan fingerprint density at radius 1 is 1.48 bits per heavy atom. The Morgan fingerprint density at radius 3 is 3.05 bits per heavy atom. The van der Waals surface area contributed by atoms with E-state index in [9.17, 15) is 4.79 Å². The van der Waals surface area contributed by atoms with Gasteiger partial charge in [0.2, 0.25) is 0 Å². The average Bonchev–Trinajstić information content (AvgIpc) is 2.93. The highest BCUT2D eigenvalue weighted by Gasteiger charge is 2.12. The molecule has 6 heteroatoms. The number of carbonyl (C=O) groups is 1. The minimum absolute atomic E-state index is 0.217. The fourth-order valence-corrected chi connectivity index (χ4v) is 2.61. The molecule has 2 rings (SSSR count). The number of rotatable bonds is 6. The van der Waals surface area contributed by atoms with Gasteiger partial charge in [0.1, 0.15) is 0 Å². The topological polar surface area (TPSA) is 81.6 Å². The lowest BCUT2D eigenvalue weighted by Gasteiger charge is -2.06. The summed E-state index contributed by atoms with van der Waals surface area (Å²) in [4.78, 5) is 13.1. The molecule has 0 aliphatic heterocycles. The van der Waals surface area contributed by atoms with Gasteiger partial charge in [-0.3, -0.25) is 9.89 Å². The fourth-order valence-electron chi connectivity index (χ4n) is 1.90. The summed E-state index contributed by atoms with van der Waals surface area (Å²) in [7, 11) is 0. The van der Waals surface area contributed by atoms with Gasteiger partial charge in [-0.1, -0.05) is 25.5 Å². The van der Waals surface area contributed by atoms with Crippen LogP contribution in [0.25, 0.3) is 0 Å². The van der Waals surface area contributed by atoms with Crippen molar-refractivity contribution in [2.75, 3.05) is 11.1 Å². The zero-order valence-electron chi connectivity index (χ0n) is 11.7. The maximum Gasteiger partial charge on any atom is 0.258 e. The SMILES string of the molecule is CCCc1cc(NC(=O)c2ccccc2SCC#N)n[nH]1. The third-order valence-electron chi connectivity index (χ3n) is 2.82. The van der Waals surface area contributed by atoms with Gasteiger partial charge in [-0.15, -0.1) is 11.8 Å². The van der Waals surface area contributed by atoms with Crippen LogP contribution < -0.4 is 5.32 Å². The van der Waals surface area contributed by atoms with Crippen molar-refractivity contribution in [3.8, 4) is 6.07 Å². The number of nitrogens with zero attached hydrogens (tertiary/aromatic N) is 2. The van der Waals surface area contributed by atoms with Crippen molar-refractivity contribution in [1.29, 1.82) is 5.26 Å². The molecule has 0 spiro atoms. The molecular weight excluding hydrogens is 284 g/mol. The molecule has 0 unspecified atom stereocenters. The Balaban J connectivity index is 2.10. The number of aryl methyl sites for hydroxylation is 1. The number of aromatic amines is 1. The van der Waals surface area contributed by atoms with E-state index >= 15 is 0 Å². The Labute approximate surface area is 127 Å². The van der Waals surface area contributed by atoms with Crippen LogP contribution in [-0.2, 0) is 6.42 Å². The number of hydrogen-bond acceptors (Lipinski definition) is 4. The molecule has 0 aliphatic carbocycles. The smallest absolute Gasteiger partial charge is 0.258 e. The van der Waals surface area contributed by atoms with Crippen molar-refractivity contribution < 1.29 is 4.79 Å². The van der Waals surface area contributed by atoms with E-state index < -0.39 is 0 Å². The molecule has 1 amide bonds. The van der Waals surface area contributed by atoms with Crippen molar-refractivity contribution in [2.24, 2.45) is 0 Å². The standard InChI is InChI=1S/C15H16N4OS/c1-2-5-11-10-14(19-18-11)17-15(20)12-6-3-4-7-13(12)21-9-8-16/h3-4,6-7,10H,2,5,9H2,1H3,(H2,17,18,19,20). The average molecular weight is 300 g/mol. The monoisotopic (exact) mass is 300 g/mol. The van der Waals surface area contributed by atoms with Crippen LogP contribution in [0, 0.1) is 11.3 Å². The van der Waals surface area contributed by atoms with Crippen molar-refractivity contribution in [3.63, 3.8) is 0 Å². The summed E-state index contributed by atoms with van der Waals surface area (Å²) < 4.78 is 0. The number of thioether (sulfide) groups is 1. The molecule has 1 heterocycles. The van der Waals surface area contributed by atoms with Gasteiger partial charge < -0.3 is 5.32 Å². The van der Waals surface area contributed by atoms with Crippen LogP contribution in [0.4, 0.5) is 5.82 Å². The molecule has 0 aliphatic rings. The number of nitriles is 1. The molecule has 0 bridgehead atoms. The molecule has 0 radical (unpaired) electrons. The van der Waals surface area contributed by atoms with E-state index in [1.807, 2.05) is 18.2 Å². The quantitative estimate of drug-likeness (QED) is 0.802. The van der Waals surface area contributed by atoms with Gasteiger partial charge in [0, 0.05) is 16.7 Å². The summed E-state index contributed by atoms with van der Waals surface area (Å²) in [5.41, 5.74) is 1.55. The molecule has 0 saturated carbocycles. The first-order chi connectivity index (χ1) is 10.2. The van der Waals surface area contributed by atoms with Crippen LogP contribution in [0.3, 0.4) is 0 Å². The summed E-state index contributed by atoms with van der Waals surface area (Å²) >= 11 is 1.35. The van der Waals surface area contributed by atoms with Crippen LogP contribution >= 0.6 is 11.8 Å². The second-order valence-electron chi connectivity index (χ2n) is 4.43. The summed E-state index contributed by atoms with van der Waals surface area (Å²) in [6.45, 7) is 2.09. The van der Waals surface area contributed by atoms with E-state index in [4.69, 9.17) is 5.26 Å². The Kier molecular flexibility index (Phi) is 5.41. The van der Waals surface area contributed by atoms with Crippen molar-refractivity contribution in [3.05, 3.63) is 41.6 Å².